The van der Waals surface area contributed by atoms with Crippen molar-refractivity contribution >= 4 is 43.5 Å². The van der Waals surface area contributed by atoms with Crippen molar-refractivity contribution in [3.8, 4) is 0 Å². The molecule has 1 aromatic carbocycles. The zero-order chi connectivity index (χ0) is 14.7. The van der Waals surface area contributed by atoms with Crippen LogP contribution in [-0.2, 0) is 0 Å². The molecule has 0 heterocycles. The molecule has 0 saturated heterocycles. The summed E-state index contributed by atoms with van der Waals surface area (Å²) in [4.78, 5) is 0.0955. The van der Waals surface area contributed by atoms with E-state index in [0.29, 0.717) is 15.4 Å². The third kappa shape index (κ3) is 2.52. The molecule has 4 heteroatoms. The first kappa shape index (κ1) is 15.0. The van der Waals surface area contributed by atoms with Crippen LogP contribution in [-0.4, -0.2) is 0 Å². The molecule has 4 saturated carbocycles. The van der Waals surface area contributed by atoms with Crippen molar-refractivity contribution in [3.05, 3.63) is 33.0 Å². The first-order chi connectivity index (χ1) is 10.0. The standard InChI is InChI=1S/C17H18Br2ClF/c18-13-7-15(21)12(6-14(13)20)17(19)16-10-2-8-1-9(4-10)5-11(16)3-8/h6-11,16-17H,1-5H2. The summed E-state index contributed by atoms with van der Waals surface area (Å²) < 4.78 is 15.0. The monoisotopic (exact) mass is 434 g/mol. The minimum absolute atomic E-state index is 0.0955. The highest BCUT2D eigenvalue weighted by molar-refractivity contribution is 9.10. The summed E-state index contributed by atoms with van der Waals surface area (Å²) in [5.41, 5.74) is 0.737. The molecule has 5 rings (SSSR count). The molecule has 4 aliphatic carbocycles. The quantitative estimate of drug-likeness (QED) is 0.355. The minimum Gasteiger partial charge on any atom is -0.207 e. The molecule has 4 fully saturated rings. The second-order valence-electron chi connectivity index (χ2n) is 7.20. The Labute approximate surface area is 147 Å². The maximum atomic E-state index is 14.4. The fraction of sp³-hybridized carbons (Fsp3) is 0.647. The van der Waals surface area contributed by atoms with Gasteiger partial charge in [-0.1, -0.05) is 27.5 Å². The second kappa shape index (κ2) is 5.49. The molecule has 114 valence electrons. The van der Waals surface area contributed by atoms with E-state index >= 15 is 0 Å². The van der Waals surface area contributed by atoms with Crippen LogP contribution < -0.4 is 0 Å². The molecular formula is C17H18Br2ClF. The molecule has 1 aromatic rings. The van der Waals surface area contributed by atoms with Gasteiger partial charge in [-0.05, 0) is 89.8 Å². The molecule has 0 N–H and O–H groups in total. The van der Waals surface area contributed by atoms with Gasteiger partial charge >= 0.3 is 0 Å². The van der Waals surface area contributed by atoms with Crippen LogP contribution in [0.1, 0.15) is 42.5 Å². The lowest BCUT2D eigenvalue weighted by Gasteiger charge is -2.55. The average molecular weight is 437 g/mol. The maximum Gasteiger partial charge on any atom is 0.128 e. The third-order valence-electron chi connectivity index (χ3n) is 5.97. The first-order valence-corrected chi connectivity index (χ1v) is 9.90. The predicted octanol–water partition coefficient (Wildman–Crippen LogP) is 6.75. The van der Waals surface area contributed by atoms with Crippen LogP contribution in [0.15, 0.2) is 16.6 Å². The molecule has 1 atom stereocenters. The van der Waals surface area contributed by atoms with Crippen molar-refractivity contribution in [3.63, 3.8) is 0 Å². The van der Waals surface area contributed by atoms with Crippen molar-refractivity contribution in [1.82, 2.24) is 0 Å². The van der Waals surface area contributed by atoms with Crippen LogP contribution in [0.5, 0.6) is 0 Å². The van der Waals surface area contributed by atoms with Crippen LogP contribution in [0.4, 0.5) is 4.39 Å². The van der Waals surface area contributed by atoms with Gasteiger partial charge in [0, 0.05) is 14.9 Å². The van der Waals surface area contributed by atoms with Gasteiger partial charge in [0.1, 0.15) is 5.82 Å². The van der Waals surface area contributed by atoms with Gasteiger partial charge in [0.2, 0.25) is 0 Å². The lowest BCUT2D eigenvalue weighted by atomic mass is 9.51. The molecule has 0 radical (unpaired) electrons. The van der Waals surface area contributed by atoms with Crippen LogP contribution in [0, 0.1) is 35.4 Å². The van der Waals surface area contributed by atoms with Crippen molar-refractivity contribution in [1.29, 1.82) is 0 Å². The van der Waals surface area contributed by atoms with Crippen molar-refractivity contribution in [2.75, 3.05) is 0 Å². The summed E-state index contributed by atoms with van der Waals surface area (Å²) >= 11 is 13.3. The van der Waals surface area contributed by atoms with E-state index in [4.69, 9.17) is 11.6 Å². The fourth-order valence-corrected chi connectivity index (χ4v) is 7.10. The summed E-state index contributed by atoms with van der Waals surface area (Å²) in [7, 11) is 0. The van der Waals surface area contributed by atoms with Gasteiger partial charge in [0.25, 0.3) is 0 Å². The van der Waals surface area contributed by atoms with E-state index in [-0.39, 0.29) is 10.6 Å². The zero-order valence-electron chi connectivity index (χ0n) is 11.7. The molecule has 0 nitrogen and oxygen atoms in total. The highest BCUT2D eigenvalue weighted by atomic mass is 79.9. The van der Waals surface area contributed by atoms with E-state index in [1.807, 2.05) is 0 Å². The number of hydrogen-bond acceptors (Lipinski definition) is 0. The lowest BCUT2D eigenvalue weighted by molar-refractivity contribution is -0.0367. The van der Waals surface area contributed by atoms with Gasteiger partial charge in [-0.25, -0.2) is 4.39 Å². The Balaban J connectivity index is 1.66. The van der Waals surface area contributed by atoms with Crippen LogP contribution >= 0.6 is 43.5 Å². The fourth-order valence-electron chi connectivity index (χ4n) is 5.40. The Bertz CT molecular complexity index is 546. The molecule has 21 heavy (non-hydrogen) atoms. The van der Waals surface area contributed by atoms with Gasteiger partial charge in [-0.15, -0.1) is 0 Å². The number of benzene rings is 1. The molecular weight excluding hydrogens is 418 g/mol. The number of halogens is 4. The Kier molecular flexibility index (Phi) is 3.91. The van der Waals surface area contributed by atoms with Crippen molar-refractivity contribution < 1.29 is 4.39 Å². The Morgan fingerprint density at radius 1 is 1.05 bits per heavy atom. The van der Waals surface area contributed by atoms with Crippen molar-refractivity contribution in [2.45, 2.75) is 36.9 Å². The largest absolute Gasteiger partial charge is 0.207 e. The van der Waals surface area contributed by atoms with Gasteiger partial charge in [0.15, 0.2) is 0 Å². The zero-order valence-corrected chi connectivity index (χ0v) is 15.6. The van der Waals surface area contributed by atoms with E-state index in [0.717, 1.165) is 29.2 Å². The summed E-state index contributed by atoms with van der Waals surface area (Å²) in [5, 5.41) is 0.597. The van der Waals surface area contributed by atoms with E-state index in [9.17, 15) is 4.39 Å². The molecule has 0 amide bonds. The molecule has 4 aliphatic rings. The highest BCUT2D eigenvalue weighted by Gasteiger charge is 2.50. The summed E-state index contributed by atoms with van der Waals surface area (Å²) in [6, 6.07) is 3.30. The van der Waals surface area contributed by atoms with Gasteiger partial charge in [0.05, 0.1) is 5.02 Å². The van der Waals surface area contributed by atoms with Crippen LogP contribution in [0.3, 0.4) is 0 Å². The van der Waals surface area contributed by atoms with Gasteiger partial charge in [-0.3, -0.25) is 0 Å². The predicted molar refractivity (Wildman–Crippen MR) is 91.3 cm³/mol. The molecule has 1 unspecified atom stereocenters. The summed E-state index contributed by atoms with van der Waals surface area (Å²) in [5.74, 6) is 3.86. The first-order valence-electron chi connectivity index (χ1n) is 7.81. The van der Waals surface area contributed by atoms with E-state index in [1.54, 1.807) is 6.07 Å². The molecule has 4 bridgehead atoms. The van der Waals surface area contributed by atoms with E-state index in [1.165, 1.54) is 38.2 Å². The molecule has 0 spiro atoms. The maximum absolute atomic E-state index is 14.4. The average Bonchev–Trinajstić information content (AvgIpc) is 2.41. The molecule has 0 aromatic heterocycles. The topological polar surface area (TPSA) is 0 Å². The third-order valence-corrected chi connectivity index (χ3v) is 8.28. The lowest BCUT2D eigenvalue weighted by Crippen LogP contribution is -2.46. The van der Waals surface area contributed by atoms with Crippen LogP contribution in [0.25, 0.3) is 0 Å². The Morgan fingerprint density at radius 2 is 1.62 bits per heavy atom. The highest BCUT2D eigenvalue weighted by Crippen LogP contribution is 2.61. The van der Waals surface area contributed by atoms with E-state index < -0.39 is 0 Å². The Morgan fingerprint density at radius 3 is 2.19 bits per heavy atom. The SMILES string of the molecule is Fc1cc(Br)c(Cl)cc1C(Br)C1C2CC3CC(C2)CC1C3. The van der Waals surface area contributed by atoms with Gasteiger partial charge in [-0.2, -0.15) is 0 Å². The normalized spacial score (nSPS) is 38.8. The second-order valence-corrected chi connectivity index (χ2v) is 9.45. The summed E-state index contributed by atoms with van der Waals surface area (Å²) in [6.07, 6.45) is 6.86. The minimum atomic E-state index is -0.151. The van der Waals surface area contributed by atoms with Crippen molar-refractivity contribution in [2.24, 2.45) is 29.6 Å². The number of rotatable bonds is 2. The number of alkyl halides is 1. The molecule has 0 aliphatic heterocycles. The summed E-state index contributed by atoms with van der Waals surface area (Å²) in [6.45, 7) is 0. The number of hydrogen-bond donors (Lipinski definition) is 0. The van der Waals surface area contributed by atoms with E-state index in [2.05, 4.69) is 31.9 Å². The van der Waals surface area contributed by atoms with Crippen LogP contribution in [0.2, 0.25) is 5.02 Å². The smallest absolute Gasteiger partial charge is 0.128 e. The van der Waals surface area contributed by atoms with Gasteiger partial charge < -0.3 is 0 Å². The Hall–Kier alpha value is 0.400.